The number of aliphatic hydroxyl groups excluding tert-OH is 1. The van der Waals surface area contributed by atoms with Crippen LogP contribution in [-0.2, 0) is 22.7 Å². The predicted octanol–water partition coefficient (Wildman–Crippen LogP) is 4.65. The van der Waals surface area contributed by atoms with E-state index in [-0.39, 0.29) is 18.5 Å². The van der Waals surface area contributed by atoms with Crippen molar-refractivity contribution >= 4 is 17.3 Å². The van der Waals surface area contributed by atoms with Crippen LogP contribution in [0.4, 0.5) is 4.39 Å². The Balaban J connectivity index is 1.34. The molecule has 0 aliphatic carbocycles. The average Bonchev–Trinajstić information content (AvgIpc) is 3.47. The smallest absolute Gasteiger partial charge is 0.145 e. The molecule has 0 saturated heterocycles. The molecule has 33 heavy (non-hydrogen) atoms. The van der Waals surface area contributed by atoms with Crippen molar-refractivity contribution in [1.29, 1.82) is 0 Å². The number of hydrogen-bond donors (Lipinski definition) is 1. The normalized spacial score (nSPS) is 16.6. The van der Waals surface area contributed by atoms with Crippen molar-refractivity contribution in [3.8, 4) is 0 Å². The van der Waals surface area contributed by atoms with Crippen LogP contribution in [0.5, 0.6) is 0 Å². The van der Waals surface area contributed by atoms with E-state index in [9.17, 15) is 9.50 Å². The zero-order chi connectivity index (χ0) is 23.0. The fourth-order valence-corrected chi connectivity index (χ4v) is 3.98. The van der Waals surface area contributed by atoms with E-state index in [1.165, 1.54) is 12.1 Å². The molecule has 2 aromatic carbocycles. The van der Waals surface area contributed by atoms with Crippen LogP contribution in [0.3, 0.4) is 0 Å². The Hall–Kier alpha value is -2.71. The molecular formula is C25H26ClFN2O4. The molecule has 1 N–H and O–H groups in total. The second-order valence-corrected chi connectivity index (χ2v) is 8.49. The molecular weight excluding hydrogens is 447 g/mol. The van der Waals surface area contributed by atoms with E-state index in [4.69, 9.17) is 25.6 Å². The van der Waals surface area contributed by atoms with Gasteiger partial charge in [-0.15, -0.1) is 0 Å². The Kier molecular flexibility index (Phi) is 8.12. The zero-order valence-electron chi connectivity index (χ0n) is 18.1. The molecule has 4 rings (SSSR count). The van der Waals surface area contributed by atoms with Crippen LogP contribution >= 0.6 is 11.6 Å². The van der Waals surface area contributed by atoms with Gasteiger partial charge in [-0.1, -0.05) is 41.0 Å². The number of hydrogen-bond acceptors (Lipinski definition) is 6. The first kappa shape index (κ1) is 23.4. The summed E-state index contributed by atoms with van der Waals surface area (Å²) in [5, 5.41) is 15.4. The number of nitrogens with zero attached hydrogens (tertiary/aromatic N) is 2. The number of furan rings is 1. The standard InChI is InChI=1S/C25H26ClFN2O4/c26-20-4-1-3-18(11-20)13-29(14-22(30)16-31-17-23-5-2-10-32-23)15-24-12-25(28-33-24)19-6-8-21(27)9-7-19/h1-11,22,24,30H,12-17H2/t22-,24+/m0/s1. The van der Waals surface area contributed by atoms with Gasteiger partial charge in [0.15, 0.2) is 0 Å². The molecule has 2 atom stereocenters. The molecule has 2 heterocycles. The van der Waals surface area contributed by atoms with E-state index >= 15 is 0 Å². The third-order valence-electron chi connectivity index (χ3n) is 5.27. The summed E-state index contributed by atoms with van der Waals surface area (Å²) in [6, 6.07) is 17.5. The van der Waals surface area contributed by atoms with Crippen LogP contribution in [0.25, 0.3) is 0 Å². The van der Waals surface area contributed by atoms with E-state index in [0.29, 0.717) is 43.4 Å². The van der Waals surface area contributed by atoms with Crippen molar-refractivity contribution in [3.63, 3.8) is 0 Å². The Labute approximate surface area is 197 Å². The van der Waals surface area contributed by atoms with Gasteiger partial charge in [-0.3, -0.25) is 4.90 Å². The van der Waals surface area contributed by atoms with E-state index in [1.54, 1.807) is 24.5 Å². The van der Waals surface area contributed by atoms with E-state index in [2.05, 4.69) is 10.1 Å². The highest BCUT2D eigenvalue weighted by Gasteiger charge is 2.26. The minimum absolute atomic E-state index is 0.176. The van der Waals surface area contributed by atoms with Gasteiger partial charge in [0.05, 0.1) is 24.7 Å². The lowest BCUT2D eigenvalue weighted by atomic mass is 10.0. The van der Waals surface area contributed by atoms with E-state index in [0.717, 1.165) is 16.8 Å². The van der Waals surface area contributed by atoms with Crippen LogP contribution in [0.15, 0.2) is 76.5 Å². The van der Waals surface area contributed by atoms with Gasteiger partial charge in [-0.2, -0.15) is 0 Å². The minimum atomic E-state index is -0.696. The molecule has 0 unspecified atom stereocenters. The van der Waals surface area contributed by atoms with Crippen molar-refractivity contribution in [2.75, 3.05) is 19.7 Å². The molecule has 3 aromatic rings. The number of ether oxygens (including phenoxy) is 1. The number of aliphatic hydroxyl groups is 1. The molecule has 8 heteroatoms. The van der Waals surface area contributed by atoms with Gasteiger partial charge in [-0.25, -0.2) is 4.39 Å². The van der Waals surface area contributed by atoms with Gasteiger partial charge in [0, 0.05) is 31.1 Å². The van der Waals surface area contributed by atoms with Gasteiger partial charge in [0.2, 0.25) is 0 Å². The molecule has 1 aromatic heterocycles. The highest BCUT2D eigenvalue weighted by molar-refractivity contribution is 6.30. The fourth-order valence-electron chi connectivity index (χ4n) is 3.77. The second kappa shape index (κ2) is 11.4. The molecule has 0 bridgehead atoms. The number of halogens is 2. The topological polar surface area (TPSA) is 67.4 Å². The molecule has 0 fully saturated rings. The molecule has 0 radical (unpaired) electrons. The summed E-state index contributed by atoms with van der Waals surface area (Å²) in [4.78, 5) is 7.75. The second-order valence-electron chi connectivity index (χ2n) is 8.05. The number of benzene rings is 2. The molecule has 1 aliphatic heterocycles. The summed E-state index contributed by atoms with van der Waals surface area (Å²) in [6.45, 7) is 2.00. The largest absolute Gasteiger partial charge is 0.467 e. The van der Waals surface area contributed by atoms with Gasteiger partial charge in [0.25, 0.3) is 0 Å². The molecule has 0 saturated carbocycles. The van der Waals surface area contributed by atoms with Gasteiger partial charge in [0.1, 0.15) is 24.3 Å². The van der Waals surface area contributed by atoms with Crippen LogP contribution in [-0.4, -0.2) is 47.6 Å². The zero-order valence-corrected chi connectivity index (χ0v) is 18.8. The molecule has 0 amide bonds. The van der Waals surface area contributed by atoms with Crippen LogP contribution in [0.2, 0.25) is 5.02 Å². The Morgan fingerprint density at radius 3 is 2.79 bits per heavy atom. The number of rotatable bonds is 11. The lowest BCUT2D eigenvalue weighted by Gasteiger charge is -2.27. The highest BCUT2D eigenvalue weighted by atomic mass is 35.5. The Morgan fingerprint density at radius 2 is 2.03 bits per heavy atom. The first-order valence-corrected chi connectivity index (χ1v) is 11.2. The summed E-state index contributed by atoms with van der Waals surface area (Å²) in [6.07, 6.45) is 1.31. The Bertz CT molecular complexity index is 1040. The highest BCUT2D eigenvalue weighted by Crippen LogP contribution is 2.20. The SMILES string of the molecule is O[C@H](COCc1ccco1)CN(Cc1cccc(Cl)c1)C[C@H]1CC(c2ccc(F)cc2)=NO1. The van der Waals surface area contributed by atoms with Crippen LogP contribution in [0.1, 0.15) is 23.3 Å². The molecule has 6 nitrogen and oxygen atoms in total. The third kappa shape index (κ3) is 7.14. The summed E-state index contributed by atoms with van der Waals surface area (Å²) >= 11 is 6.15. The maximum absolute atomic E-state index is 13.2. The van der Waals surface area contributed by atoms with Gasteiger partial charge in [-0.05, 0) is 47.5 Å². The minimum Gasteiger partial charge on any atom is -0.467 e. The fraction of sp³-hybridized carbons (Fsp3) is 0.320. The van der Waals surface area contributed by atoms with Gasteiger partial charge >= 0.3 is 0 Å². The summed E-state index contributed by atoms with van der Waals surface area (Å²) in [5.41, 5.74) is 2.65. The van der Waals surface area contributed by atoms with Crippen molar-refractivity contribution in [2.45, 2.75) is 31.8 Å². The lowest BCUT2D eigenvalue weighted by molar-refractivity contribution is -0.00955. The van der Waals surface area contributed by atoms with Crippen molar-refractivity contribution in [1.82, 2.24) is 4.90 Å². The maximum Gasteiger partial charge on any atom is 0.145 e. The maximum atomic E-state index is 13.2. The first-order chi connectivity index (χ1) is 16.0. The summed E-state index contributed by atoms with van der Waals surface area (Å²) in [7, 11) is 0. The lowest BCUT2D eigenvalue weighted by Crippen LogP contribution is -2.39. The summed E-state index contributed by atoms with van der Waals surface area (Å²) < 4.78 is 24.1. The molecule has 1 aliphatic rings. The average molecular weight is 473 g/mol. The quantitative estimate of drug-likeness (QED) is 0.440. The molecule has 174 valence electrons. The molecule has 0 spiro atoms. The third-order valence-corrected chi connectivity index (χ3v) is 5.51. The Morgan fingerprint density at radius 1 is 1.18 bits per heavy atom. The van der Waals surface area contributed by atoms with Crippen LogP contribution < -0.4 is 0 Å². The predicted molar refractivity (Wildman–Crippen MR) is 124 cm³/mol. The van der Waals surface area contributed by atoms with Crippen molar-refractivity contribution < 1.29 is 23.5 Å². The van der Waals surface area contributed by atoms with E-state index in [1.807, 2.05) is 30.3 Å². The van der Waals surface area contributed by atoms with Gasteiger partial charge < -0.3 is 19.1 Å². The van der Waals surface area contributed by atoms with Crippen molar-refractivity contribution in [2.24, 2.45) is 5.16 Å². The first-order valence-electron chi connectivity index (χ1n) is 10.8. The monoisotopic (exact) mass is 472 g/mol. The summed E-state index contributed by atoms with van der Waals surface area (Å²) in [5.74, 6) is 0.425. The van der Waals surface area contributed by atoms with Crippen molar-refractivity contribution in [3.05, 3.63) is 94.7 Å². The van der Waals surface area contributed by atoms with Crippen LogP contribution in [0, 0.1) is 5.82 Å². The number of oxime groups is 1. The van der Waals surface area contributed by atoms with E-state index < -0.39 is 6.10 Å².